The Bertz CT molecular complexity index is 1130. The summed E-state index contributed by atoms with van der Waals surface area (Å²) in [4.78, 5) is 24.0. The fourth-order valence-corrected chi connectivity index (χ4v) is 3.02. The molecule has 2 aromatic carbocycles. The number of hydrogen-bond donors (Lipinski definition) is 1. The highest BCUT2D eigenvalue weighted by atomic mass is 79.9. The van der Waals surface area contributed by atoms with Crippen LogP contribution in [0.25, 0.3) is 0 Å². The average Bonchev–Trinajstić information content (AvgIpc) is 2.66. The summed E-state index contributed by atoms with van der Waals surface area (Å²) < 4.78 is 95.1. The van der Waals surface area contributed by atoms with Crippen LogP contribution < -0.4 is 10.1 Å². The summed E-state index contributed by atoms with van der Waals surface area (Å²) in [7, 11) is 0. The van der Waals surface area contributed by atoms with Crippen molar-refractivity contribution < 1.29 is 50.1 Å². The molecule has 13 heteroatoms. The number of rotatable bonds is 4. The van der Waals surface area contributed by atoms with Gasteiger partial charge in [-0.3, -0.25) is 0 Å². The third-order valence-corrected chi connectivity index (χ3v) is 4.81. The topological polar surface area (TPSA) is 73.9 Å². The number of esters is 2. The molecule has 1 saturated heterocycles. The lowest BCUT2D eigenvalue weighted by atomic mass is 10.2. The van der Waals surface area contributed by atoms with Crippen molar-refractivity contribution in [2.75, 3.05) is 5.32 Å². The van der Waals surface area contributed by atoms with E-state index in [1.165, 1.54) is 13.8 Å². The summed E-state index contributed by atoms with van der Waals surface area (Å²) in [6.45, 7) is 2.65. The van der Waals surface area contributed by atoms with Gasteiger partial charge in [0.25, 0.3) is 5.79 Å². The first-order valence-corrected chi connectivity index (χ1v) is 9.64. The van der Waals surface area contributed by atoms with Crippen LogP contribution in [-0.4, -0.2) is 17.7 Å². The highest BCUT2D eigenvalue weighted by Gasteiger charge is 2.39. The molecule has 0 atom stereocenters. The van der Waals surface area contributed by atoms with Crippen LogP contribution in [0.5, 0.6) is 11.5 Å². The van der Waals surface area contributed by atoms with Crippen LogP contribution in [0.3, 0.4) is 0 Å². The SMILES string of the molecule is CC1(C)OC(=O)C(=CNc2ccc(F)c(Br)c2Oc2c(F)cc(C(F)(F)F)cc2F)C(=O)O1. The summed E-state index contributed by atoms with van der Waals surface area (Å²) >= 11 is 2.82. The van der Waals surface area contributed by atoms with E-state index in [-0.39, 0.29) is 17.8 Å². The minimum atomic E-state index is -5.02. The van der Waals surface area contributed by atoms with Crippen molar-refractivity contribution in [1.29, 1.82) is 0 Å². The summed E-state index contributed by atoms with van der Waals surface area (Å²) in [6, 6.07) is 1.95. The van der Waals surface area contributed by atoms with Crippen molar-refractivity contribution in [3.05, 3.63) is 63.5 Å². The van der Waals surface area contributed by atoms with Gasteiger partial charge < -0.3 is 19.5 Å². The minimum absolute atomic E-state index is 0.0104. The van der Waals surface area contributed by atoms with Crippen LogP contribution in [-0.2, 0) is 25.2 Å². The summed E-state index contributed by atoms with van der Waals surface area (Å²) in [5.74, 6) is -9.80. The molecule has 0 bridgehead atoms. The zero-order valence-electron chi connectivity index (χ0n) is 16.6. The van der Waals surface area contributed by atoms with Crippen molar-refractivity contribution in [3.63, 3.8) is 0 Å². The minimum Gasteiger partial charge on any atom is -0.448 e. The lowest BCUT2D eigenvalue weighted by molar-refractivity contribution is -0.222. The van der Waals surface area contributed by atoms with Gasteiger partial charge in [-0.15, -0.1) is 0 Å². The van der Waals surface area contributed by atoms with Gasteiger partial charge in [0.2, 0.25) is 0 Å². The molecular formula is C20H12BrF6NO5. The van der Waals surface area contributed by atoms with Gasteiger partial charge in [0.15, 0.2) is 28.7 Å². The zero-order chi connectivity index (χ0) is 24.7. The van der Waals surface area contributed by atoms with Crippen molar-refractivity contribution in [3.8, 4) is 11.5 Å². The fraction of sp³-hybridized carbons (Fsp3) is 0.200. The first kappa shape index (κ1) is 24.4. The van der Waals surface area contributed by atoms with Gasteiger partial charge in [0, 0.05) is 20.0 Å². The van der Waals surface area contributed by atoms with Crippen LogP contribution in [0.4, 0.5) is 32.0 Å². The van der Waals surface area contributed by atoms with Crippen LogP contribution in [0.15, 0.2) is 40.5 Å². The second-order valence-corrected chi connectivity index (χ2v) is 7.78. The monoisotopic (exact) mass is 539 g/mol. The van der Waals surface area contributed by atoms with Crippen molar-refractivity contribution in [2.45, 2.75) is 25.8 Å². The summed E-state index contributed by atoms with van der Waals surface area (Å²) in [5.41, 5.74) is -2.41. The number of ether oxygens (including phenoxy) is 3. The predicted octanol–water partition coefficient (Wildman–Crippen LogP) is 5.81. The number of anilines is 1. The zero-order valence-corrected chi connectivity index (χ0v) is 18.2. The molecule has 2 aromatic rings. The number of nitrogens with one attached hydrogen (secondary N) is 1. The Kier molecular flexibility index (Phi) is 6.37. The fourth-order valence-electron chi connectivity index (χ4n) is 2.60. The van der Waals surface area contributed by atoms with E-state index in [2.05, 4.69) is 21.2 Å². The van der Waals surface area contributed by atoms with Crippen molar-refractivity contribution in [2.24, 2.45) is 0 Å². The molecule has 1 heterocycles. The average molecular weight is 540 g/mol. The van der Waals surface area contributed by atoms with Gasteiger partial charge in [-0.2, -0.15) is 13.2 Å². The molecule has 0 spiro atoms. The van der Waals surface area contributed by atoms with E-state index in [0.717, 1.165) is 18.3 Å². The predicted molar refractivity (Wildman–Crippen MR) is 104 cm³/mol. The third-order valence-electron chi connectivity index (χ3n) is 4.07. The molecule has 3 rings (SSSR count). The number of hydrogen-bond acceptors (Lipinski definition) is 6. The maximum atomic E-state index is 14.2. The molecule has 0 saturated carbocycles. The highest BCUT2D eigenvalue weighted by Crippen LogP contribution is 2.42. The molecule has 0 amide bonds. The quantitative estimate of drug-likeness (QED) is 0.229. The Morgan fingerprint density at radius 3 is 2.03 bits per heavy atom. The first-order valence-electron chi connectivity index (χ1n) is 8.85. The van der Waals surface area contributed by atoms with Crippen molar-refractivity contribution in [1.82, 2.24) is 0 Å². The second-order valence-electron chi connectivity index (χ2n) is 6.99. The van der Waals surface area contributed by atoms with E-state index < -0.39 is 68.5 Å². The van der Waals surface area contributed by atoms with Crippen LogP contribution in [0, 0.1) is 17.5 Å². The second kappa shape index (κ2) is 8.61. The molecule has 6 nitrogen and oxygen atoms in total. The summed E-state index contributed by atoms with van der Waals surface area (Å²) in [5, 5.41) is 2.42. The lowest BCUT2D eigenvalue weighted by Crippen LogP contribution is -2.42. The third kappa shape index (κ3) is 5.24. The van der Waals surface area contributed by atoms with Gasteiger partial charge in [-0.05, 0) is 40.2 Å². The lowest BCUT2D eigenvalue weighted by Gasteiger charge is -2.29. The molecule has 1 aliphatic heterocycles. The molecule has 0 aliphatic carbocycles. The molecule has 33 heavy (non-hydrogen) atoms. The van der Waals surface area contributed by atoms with E-state index in [0.29, 0.717) is 0 Å². The first-order chi connectivity index (χ1) is 15.2. The van der Waals surface area contributed by atoms with Crippen LogP contribution in [0.2, 0.25) is 0 Å². The molecular weight excluding hydrogens is 528 g/mol. The molecule has 1 aliphatic rings. The maximum Gasteiger partial charge on any atom is 0.416 e. The van der Waals surface area contributed by atoms with Gasteiger partial charge >= 0.3 is 18.1 Å². The molecule has 0 unspecified atom stereocenters. The number of cyclic esters (lactones) is 2. The van der Waals surface area contributed by atoms with Gasteiger partial charge in [0.1, 0.15) is 5.82 Å². The molecule has 0 aromatic heterocycles. The maximum absolute atomic E-state index is 14.2. The smallest absolute Gasteiger partial charge is 0.416 e. The standard InChI is InChI=1S/C20H12BrF6NO5/c1-19(2)32-17(29)9(18(30)33-19)7-28-13-4-3-10(22)14(21)16(13)31-15-11(23)5-8(6-12(15)24)20(25,26)27/h3-7,28H,1-2H3. The molecule has 0 radical (unpaired) electrons. The normalized spacial score (nSPS) is 15.6. The number of halogens is 7. The molecule has 1 fully saturated rings. The highest BCUT2D eigenvalue weighted by molar-refractivity contribution is 9.10. The largest absolute Gasteiger partial charge is 0.448 e. The van der Waals surface area contributed by atoms with Gasteiger partial charge in [-0.1, -0.05) is 0 Å². The van der Waals surface area contributed by atoms with Crippen molar-refractivity contribution >= 4 is 33.6 Å². The van der Waals surface area contributed by atoms with E-state index >= 15 is 0 Å². The van der Waals surface area contributed by atoms with Gasteiger partial charge in [-0.25, -0.2) is 22.8 Å². The van der Waals surface area contributed by atoms with Gasteiger partial charge in [0.05, 0.1) is 15.7 Å². The Morgan fingerprint density at radius 1 is 0.970 bits per heavy atom. The Labute approximate surface area is 190 Å². The van der Waals surface area contributed by atoms with E-state index in [4.69, 9.17) is 14.2 Å². The summed E-state index contributed by atoms with van der Waals surface area (Å²) in [6.07, 6.45) is -4.19. The molecule has 176 valence electrons. The van der Waals surface area contributed by atoms with E-state index in [1.807, 2.05) is 0 Å². The Morgan fingerprint density at radius 2 is 1.52 bits per heavy atom. The Hall–Kier alpha value is -3.22. The van der Waals surface area contributed by atoms with Crippen LogP contribution in [0.1, 0.15) is 19.4 Å². The molecule has 1 N–H and O–H groups in total. The van der Waals surface area contributed by atoms with E-state index in [9.17, 15) is 35.9 Å². The number of alkyl halides is 3. The van der Waals surface area contributed by atoms with E-state index in [1.54, 1.807) is 0 Å². The number of benzene rings is 2. The Balaban J connectivity index is 1.98. The number of carbonyl (C=O) groups is 2. The number of carbonyl (C=O) groups excluding carboxylic acids is 2. The van der Waals surface area contributed by atoms with Crippen LogP contribution >= 0.6 is 15.9 Å².